The van der Waals surface area contributed by atoms with Crippen molar-refractivity contribution in [1.82, 2.24) is 9.97 Å². The Labute approximate surface area is 101 Å². The van der Waals surface area contributed by atoms with Crippen LogP contribution in [0.15, 0.2) is 6.20 Å². The molecule has 0 saturated carbocycles. The van der Waals surface area contributed by atoms with Crippen LogP contribution in [0.25, 0.3) is 0 Å². The monoisotopic (exact) mass is 237 g/mol. The highest BCUT2D eigenvalue weighted by Gasteiger charge is 2.17. The largest absolute Gasteiger partial charge is 0.394 e. The minimum absolute atomic E-state index is 0.291. The Bertz CT molecular complexity index is 376. The van der Waals surface area contributed by atoms with Crippen LogP contribution in [0.4, 0.5) is 17.5 Å². The molecule has 1 aliphatic heterocycles. The third kappa shape index (κ3) is 3.20. The zero-order valence-electron chi connectivity index (χ0n) is 10.2. The second-order valence-corrected chi connectivity index (χ2v) is 4.50. The summed E-state index contributed by atoms with van der Waals surface area (Å²) in [7, 11) is 0. The van der Waals surface area contributed by atoms with Gasteiger partial charge in [-0.2, -0.15) is 4.98 Å². The van der Waals surface area contributed by atoms with E-state index in [0.29, 0.717) is 36.1 Å². The number of nitrogen functional groups attached to an aromatic ring is 1. The fraction of sp³-hybridized carbons (Fsp3) is 0.636. The van der Waals surface area contributed by atoms with Crippen molar-refractivity contribution in [3.63, 3.8) is 0 Å². The van der Waals surface area contributed by atoms with Gasteiger partial charge in [0.1, 0.15) is 0 Å². The van der Waals surface area contributed by atoms with E-state index in [1.807, 2.05) is 13.8 Å². The van der Waals surface area contributed by atoms with Gasteiger partial charge in [-0.3, -0.25) is 0 Å². The Morgan fingerprint density at radius 3 is 3.00 bits per heavy atom. The summed E-state index contributed by atoms with van der Waals surface area (Å²) in [5, 5.41) is 6.43. The molecule has 4 N–H and O–H groups in total. The highest BCUT2D eigenvalue weighted by Crippen LogP contribution is 2.19. The summed E-state index contributed by atoms with van der Waals surface area (Å²) in [6.07, 6.45) is 2.60. The first-order valence-electron chi connectivity index (χ1n) is 5.88. The lowest BCUT2D eigenvalue weighted by Crippen LogP contribution is -2.21. The summed E-state index contributed by atoms with van der Waals surface area (Å²) in [6.45, 7) is 5.57. The molecule has 17 heavy (non-hydrogen) atoms. The fourth-order valence-corrected chi connectivity index (χ4v) is 1.68. The highest BCUT2D eigenvalue weighted by molar-refractivity contribution is 5.62. The number of hydrogen-bond donors (Lipinski definition) is 3. The molecule has 2 rings (SSSR count). The van der Waals surface area contributed by atoms with Crippen LogP contribution >= 0.6 is 0 Å². The molecule has 1 atom stereocenters. The van der Waals surface area contributed by atoms with Crippen molar-refractivity contribution < 1.29 is 4.74 Å². The molecule has 0 aromatic carbocycles. The number of anilines is 3. The Balaban J connectivity index is 2.08. The maximum Gasteiger partial charge on any atom is 0.224 e. The van der Waals surface area contributed by atoms with Gasteiger partial charge in [0.25, 0.3) is 0 Å². The Hall–Kier alpha value is -1.56. The molecular weight excluding hydrogens is 218 g/mol. The second kappa shape index (κ2) is 5.18. The van der Waals surface area contributed by atoms with Gasteiger partial charge in [0.05, 0.1) is 24.5 Å². The van der Waals surface area contributed by atoms with Crippen LogP contribution in [0.2, 0.25) is 0 Å². The lowest BCUT2D eigenvalue weighted by atomic mass is 10.2. The van der Waals surface area contributed by atoms with Gasteiger partial charge < -0.3 is 21.1 Å². The molecule has 6 nitrogen and oxygen atoms in total. The minimum Gasteiger partial charge on any atom is -0.394 e. The molecule has 0 aliphatic carbocycles. The average molecular weight is 237 g/mol. The lowest BCUT2D eigenvalue weighted by molar-refractivity contribution is 0.195. The van der Waals surface area contributed by atoms with Gasteiger partial charge in [0, 0.05) is 12.6 Å². The Kier molecular flexibility index (Phi) is 3.63. The maximum atomic E-state index is 5.84. The van der Waals surface area contributed by atoms with E-state index in [2.05, 4.69) is 20.6 Å². The summed E-state index contributed by atoms with van der Waals surface area (Å²) in [4.78, 5) is 8.50. The third-order valence-electron chi connectivity index (χ3n) is 2.51. The average Bonchev–Trinajstić information content (AvgIpc) is 2.75. The van der Waals surface area contributed by atoms with E-state index in [4.69, 9.17) is 10.5 Å². The molecule has 1 fully saturated rings. The molecule has 0 amide bonds. The maximum absolute atomic E-state index is 5.84. The molecule has 1 aromatic heterocycles. The molecule has 0 radical (unpaired) electrons. The van der Waals surface area contributed by atoms with Crippen molar-refractivity contribution in [2.24, 2.45) is 0 Å². The minimum atomic E-state index is 0.291. The van der Waals surface area contributed by atoms with E-state index >= 15 is 0 Å². The molecular formula is C11H19N5O. The number of rotatable bonds is 4. The van der Waals surface area contributed by atoms with Crippen molar-refractivity contribution in [2.75, 3.05) is 29.6 Å². The van der Waals surface area contributed by atoms with Crippen molar-refractivity contribution in [3.8, 4) is 0 Å². The number of ether oxygens (including phenoxy) is 1. The van der Waals surface area contributed by atoms with Crippen LogP contribution in [-0.4, -0.2) is 35.3 Å². The van der Waals surface area contributed by atoms with Gasteiger partial charge in [-0.1, -0.05) is 0 Å². The molecule has 1 saturated heterocycles. The summed E-state index contributed by atoms with van der Waals surface area (Å²) < 4.78 is 5.30. The van der Waals surface area contributed by atoms with Crippen LogP contribution in [-0.2, 0) is 4.74 Å². The first kappa shape index (κ1) is 11.9. The molecule has 1 aromatic rings. The predicted molar refractivity (Wildman–Crippen MR) is 68.0 cm³/mol. The van der Waals surface area contributed by atoms with Crippen LogP contribution in [0.5, 0.6) is 0 Å². The van der Waals surface area contributed by atoms with Crippen LogP contribution in [0, 0.1) is 0 Å². The van der Waals surface area contributed by atoms with E-state index < -0.39 is 0 Å². The van der Waals surface area contributed by atoms with E-state index in [1.165, 1.54) is 0 Å². The predicted octanol–water partition coefficient (Wildman–Crippen LogP) is 1.08. The van der Waals surface area contributed by atoms with E-state index in [0.717, 1.165) is 13.0 Å². The Morgan fingerprint density at radius 1 is 1.53 bits per heavy atom. The van der Waals surface area contributed by atoms with Crippen molar-refractivity contribution in [2.45, 2.75) is 32.4 Å². The van der Waals surface area contributed by atoms with Gasteiger partial charge in [0.15, 0.2) is 5.82 Å². The van der Waals surface area contributed by atoms with Crippen LogP contribution < -0.4 is 16.4 Å². The Morgan fingerprint density at radius 2 is 2.35 bits per heavy atom. The highest BCUT2D eigenvalue weighted by atomic mass is 16.5. The summed E-state index contributed by atoms with van der Waals surface area (Å²) in [5.74, 6) is 1.27. The quantitative estimate of drug-likeness (QED) is 0.726. The summed E-state index contributed by atoms with van der Waals surface area (Å²) in [5.41, 5.74) is 6.40. The zero-order chi connectivity index (χ0) is 12.3. The first-order chi connectivity index (χ1) is 8.15. The molecule has 94 valence electrons. The van der Waals surface area contributed by atoms with Gasteiger partial charge in [-0.05, 0) is 20.3 Å². The number of hydrogen-bond acceptors (Lipinski definition) is 6. The van der Waals surface area contributed by atoms with Crippen molar-refractivity contribution in [3.05, 3.63) is 6.20 Å². The summed E-state index contributed by atoms with van der Waals surface area (Å²) >= 11 is 0. The molecule has 0 bridgehead atoms. The molecule has 0 unspecified atom stereocenters. The van der Waals surface area contributed by atoms with E-state index in [-0.39, 0.29) is 0 Å². The summed E-state index contributed by atoms with van der Waals surface area (Å²) in [6, 6.07) is 0.584. The molecule has 2 heterocycles. The van der Waals surface area contributed by atoms with Crippen molar-refractivity contribution >= 4 is 17.5 Å². The van der Waals surface area contributed by atoms with Crippen LogP contribution in [0.1, 0.15) is 20.3 Å². The SMILES string of the molecule is CC(C)Nc1ncc(N)c(N[C@H]2CCOC2)n1. The van der Waals surface area contributed by atoms with Gasteiger partial charge >= 0.3 is 0 Å². The normalized spacial score (nSPS) is 19.6. The number of aromatic nitrogens is 2. The zero-order valence-corrected chi connectivity index (χ0v) is 10.2. The van der Waals surface area contributed by atoms with Gasteiger partial charge in [0.2, 0.25) is 5.95 Å². The van der Waals surface area contributed by atoms with Crippen LogP contribution in [0.3, 0.4) is 0 Å². The van der Waals surface area contributed by atoms with E-state index in [1.54, 1.807) is 6.20 Å². The second-order valence-electron chi connectivity index (χ2n) is 4.50. The van der Waals surface area contributed by atoms with Crippen molar-refractivity contribution in [1.29, 1.82) is 0 Å². The third-order valence-corrected chi connectivity index (χ3v) is 2.51. The molecule has 6 heteroatoms. The number of nitrogens with two attached hydrogens (primary N) is 1. The standard InChI is InChI=1S/C11H19N5O/c1-7(2)14-11-13-5-9(12)10(16-11)15-8-3-4-17-6-8/h5,7-8H,3-4,6,12H2,1-2H3,(H2,13,14,15,16)/t8-/m0/s1. The van der Waals surface area contributed by atoms with Gasteiger partial charge in [-0.15, -0.1) is 0 Å². The lowest BCUT2D eigenvalue weighted by Gasteiger charge is -2.15. The van der Waals surface area contributed by atoms with Gasteiger partial charge in [-0.25, -0.2) is 4.98 Å². The first-order valence-corrected chi connectivity index (χ1v) is 5.88. The topological polar surface area (TPSA) is 85.1 Å². The van der Waals surface area contributed by atoms with E-state index in [9.17, 15) is 0 Å². The molecule has 0 spiro atoms. The number of nitrogens with one attached hydrogen (secondary N) is 2. The smallest absolute Gasteiger partial charge is 0.224 e. The molecule has 1 aliphatic rings. The fourth-order valence-electron chi connectivity index (χ4n) is 1.68. The number of nitrogens with zero attached hydrogens (tertiary/aromatic N) is 2.